The van der Waals surface area contributed by atoms with E-state index in [1.807, 2.05) is 0 Å². The van der Waals surface area contributed by atoms with Gasteiger partial charge in [0, 0.05) is 16.5 Å². The summed E-state index contributed by atoms with van der Waals surface area (Å²) in [5.74, 6) is -2.00. The molecule has 0 spiro atoms. The first kappa shape index (κ1) is 20.2. The fourth-order valence-corrected chi connectivity index (χ4v) is 4.42. The van der Waals surface area contributed by atoms with Crippen molar-refractivity contribution in [3.05, 3.63) is 88.7 Å². The summed E-state index contributed by atoms with van der Waals surface area (Å²) in [7, 11) is 0. The first-order valence-corrected chi connectivity index (χ1v) is 9.87. The molecule has 0 unspecified atom stereocenters. The number of aromatic carboxylic acids is 1. The molecule has 1 aliphatic rings. The van der Waals surface area contributed by atoms with Gasteiger partial charge in [0.15, 0.2) is 0 Å². The van der Waals surface area contributed by atoms with Crippen LogP contribution in [0.1, 0.15) is 27.0 Å². The molecule has 0 amide bonds. The highest BCUT2D eigenvalue weighted by molar-refractivity contribution is 6.05. The Labute approximate surface area is 180 Å². The number of aryl methyl sites for hydroxylation is 1. The fraction of sp³-hybridized carbons (Fsp3) is 0.120. The molecule has 0 atom stereocenters. The highest BCUT2D eigenvalue weighted by Crippen LogP contribution is 2.41. The Bertz CT molecular complexity index is 1410. The largest absolute Gasteiger partial charge is 0.545 e. The number of carboxylic acid groups (broad SMARTS) is 1. The lowest BCUT2D eigenvalue weighted by atomic mass is 9.83. The van der Waals surface area contributed by atoms with Gasteiger partial charge in [-0.3, -0.25) is 0 Å². The average molecular weight is 436 g/mol. The first-order valence-electron chi connectivity index (χ1n) is 9.87. The minimum absolute atomic E-state index is 0.0750. The van der Waals surface area contributed by atoms with E-state index in [1.165, 1.54) is 24.3 Å². The SMILES string of the molecule is O=C([O-])c1c2c(nc3ccc(F)cc13)-c1ccc(-c3ccccc3C(F)(F)F)cc1CC2. The summed E-state index contributed by atoms with van der Waals surface area (Å²) >= 11 is 0. The van der Waals surface area contributed by atoms with Crippen LogP contribution in [0.25, 0.3) is 33.3 Å². The molecule has 0 aliphatic heterocycles. The van der Waals surface area contributed by atoms with Crippen molar-refractivity contribution in [1.82, 2.24) is 4.98 Å². The highest BCUT2D eigenvalue weighted by Gasteiger charge is 2.33. The molecular formula is C25H14F4NO2-. The number of benzene rings is 3. The standard InChI is InChI=1S/C25H15F4NO2/c26-15-7-10-21-19(12-15)22(24(31)32)18-9-6-14-11-13(5-8-17(14)23(18)30-21)16-3-1-2-4-20(16)25(27,28)29/h1-5,7-8,10-12H,6,9H2,(H,31,32)/p-1. The van der Waals surface area contributed by atoms with Gasteiger partial charge < -0.3 is 9.90 Å². The number of carbonyl (C=O) groups excluding carboxylic acids is 1. The number of alkyl halides is 3. The van der Waals surface area contributed by atoms with Crippen molar-refractivity contribution in [2.75, 3.05) is 0 Å². The van der Waals surface area contributed by atoms with Crippen LogP contribution in [0.5, 0.6) is 0 Å². The predicted octanol–water partition coefficient (Wildman–Crippen LogP) is 5.19. The van der Waals surface area contributed by atoms with Gasteiger partial charge >= 0.3 is 6.18 Å². The number of pyridine rings is 1. The van der Waals surface area contributed by atoms with E-state index >= 15 is 0 Å². The summed E-state index contributed by atoms with van der Waals surface area (Å²) in [6, 6.07) is 14.0. The monoisotopic (exact) mass is 436 g/mol. The zero-order chi connectivity index (χ0) is 22.6. The average Bonchev–Trinajstić information content (AvgIpc) is 2.76. The summed E-state index contributed by atoms with van der Waals surface area (Å²) in [6.45, 7) is 0. The second-order valence-corrected chi connectivity index (χ2v) is 7.68. The number of halogens is 4. The molecule has 3 aromatic carbocycles. The van der Waals surface area contributed by atoms with Crippen LogP contribution < -0.4 is 5.11 Å². The summed E-state index contributed by atoms with van der Waals surface area (Å²) in [4.78, 5) is 16.5. The van der Waals surface area contributed by atoms with E-state index in [0.717, 1.165) is 17.7 Å². The molecule has 160 valence electrons. The van der Waals surface area contributed by atoms with Gasteiger partial charge in [-0.1, -0.05) is 36.4 Å². The van der Waals surface area contributed by atoms with E-state index < -0.39 is 23.5 Å². The lowest BCUT2D eigenvalue weighted by molar-refractivity contribution is -0.254. The molecular weight excluding hydrogens is 422 g/mol. The summed E-state index contributed by atoms with van der Waals surface area (Å²) in [5, 5.41) is 12.1. The number of hydrogen-bond acceptors (Lipinski definition) is 3. The van der Waals surface area contributed by atoms with E-state index in [1.54, 1.807) is 24.3 Å². The van der Waals surface area contributed by atoms with Crippen LogP contribution in [0.15, 0.2) is 60.7 Å². The van der Waals surface area contributed by atoms with Gasteiger partial charge in [-0.25, -0.2) is 9.37 Å². The Morgan fingerprint density at radius 3 is 2.47 bits per heavy atom. The number of aromatic nitrogens is 1. The van der Waals surface area contributed by atoms with Crippen molar-refractivity contribution in [3.8, 4) is 22.4 Å². The molecule has 0 saturated heterocycles. The third kappa shape index (κ3) is 3.21. The zero-order valence-corrected chi connectivity index (χ0v) is 16.5. The smallest absolute Gasteiger partial charge is 0.417 e. The number of nitrogens with zero attached hydrogens (tertiary/aromatic N) is 1. The predicted molar refractivity (Wildman–Crippen MR) is 109 cm³/mol. The quantitative estimate of drug-likeness (QED) is 0.407. The molecule has 5 rings (SSSR count). The molecule has 0 saturated carbocycles. The molecule has 1 heterocycles. The number of hydrogen-bond donors (Lipinski definition) is 0. The maximum absolute atomic E-state index is 13.8. The van der Waals surface area contributed by atoms with Crippen molar-refractivity contribution < 1.29 is 27.5 Å². The zero-order valence-electron chi connectivity index (χ0n) is 16.5. The van der Waals surface area contributed by atoms with Crippen LogP contribution >= 0.6 is 0 Å². The second kappa shape index (κ2) is 7.15. The molecule has 4 aromatic rings. The molecule has 0 radical (unpaired) electrons. The summed E-state index contributed by atoms with van der Waals surface area (Å²) < 4.78 is 54.2. The summed E-state index contributed by atoms with van der Waals surface area (Å²) in [6.07, 6.45) is -3.78. The lowest BCUT2D eigenvalue weighted by Gasteiger charge is -2.24. The number of carboxylic acids is 1. The van der Waals surface area contributed by atoms with E-state index in [4.69, 9.17) is 0 Å². The molecule has 7 heteroatoms. The second-order valence-electron chi connectivity index (χ2n) is 7.68. The number of fused-ring (bicyclic) bond motifs is 4. The Hall–Kier alpha value is -3.74. The highest BCUT2D eigenvalue weighted by atomic mass is 19.4. The third-order valence-corrected chi connectivity index (χ3v) is 5.80. The maximum Gasteiger partial charge on any atom is 0.417 e. The van der Waals surface area contributed by atoms with E-state index in [2.05, 4.69) is 4.98 Å². The van der Waals surface area contributed by atoms with Gasteiger partial charge in [-0.05, 0) is 59.4 Å². The van der Waals surface area contributed by atoms with E-state index in [9.17, 15) is 27.5 Å². The van der Waals surface area contributed by atoms with Crippen molar-refractivity contribution in [1.29, 1.82) is 0 Å². The lowest BCUT2D eigenvalue weighted by Crippen LogP contribution is -2.26. The van der Waals surface area contributed by atoms with Gasteiger partial charge in [0.2, 0.25) is 0 Å². The normalized spacial score (nSPS) is 13.0. The molecule has 1 aromatic heterocycles. The van der Waals surface area contributed by atoms with Crippen LogP contribution in [-0.2, 0) is 19.0 Å². The molecule has 0 N–H and O–H groups in total. The molecule has 0 fully saturated rings. The van der Waals surface area contributed by atoms with Gasteiger partial charge in [0.1, 0.15) is 5.82 Å². The number of rotatable bonds is 2. The van der Waals surface area contributed by atoms with E-state index in [-0.39, 0.29) is 16.5 Å². The van der Waals surface area contributed by atoms with Crippen LogP contribution in [-0.4, -0.2) is 11.0 Å². The van der Waals surface area contributed by atoms with Gasteiger partial charge in [-0.15, -0.1) is 0 Å². The molecule has 3 nitrogen and oxygen atoms in total. The Morgan fingerprint density at radius 1 is 0.938 bits per heavy atom. The third-order valence-electron chi connectivity index (χ3n) is 5.80. The van der Waals surface area contributed by atoms with Crippen LogP contribution in [0, 0.1) is 5.82 Å². The van der Waals surface area contributed by atoms with Crippen molar-refractivity contribution >= 4 is 16.9 Å². The van der Waals surface area contributed by atoms with Gasteiger partial charge in [-0.2, -0.15) is 13.2 Å². The number of carbonyl (C=O) groups is 1. The Kier molecular flexibility index (Phi) is 4.51. The van der Waals surface area contributed by atoms with Crippen molar-refractivity contribution in [2.45, 2.75) is 19.0 Å². The molecule has 32 heavy (non-hydrogen) atoms. The van der Waals surface area contributed by atoms with Crippen LogP contribution in [0.2, 0.25) is 0 Å². The van der Waals surface area contributed by atoms with Crippen molar-refractivity contribution in [3.63, 3.8) is 0 Å². The van der Waals surface area contributed by atoms with Gasteiger partial charge in [0.05, 0.1) is 22.7 Å². The molecule has 1 aliphatic carbocycles. The van der Waals surface area contributed by atoms with Crippen LogP contribution in [0.4, 0.5) is 17.6 Å². The van der Waals surface area contributed by atoms with Crippen molar-refractivity contribution in [2.24, 2.45) is 0 Å². The Balaban J connectivity index is 1.71. The fourth-order valence-electron chi connectivity index (χ4n) is 4.42. The van der Waals surface area contributed by atoms with Gasteiger partial charge in [0.25, 0.3) is 0 Å². The van der Waals surface area contributed by atoms with E-state index in [0.29, 0.717) is 40.7 Å². The Morgan fingerprint density at radius 2 is 1.72 bits per heavy atom. The minimum Gasteiger partial charge on any atom is -0.545 e. The topological polar surface area (TPSA) is 53.0 Å². The van der Waals surface area contributed by atoms with Crippen LogP contribution in [0.3, 0.4) is 0 Å². The molecule has 0 bridgehead atoms. The summed E-state index contributed by atoms with van der Waals surface area (Å²) in [5.41, 5.74) is 2.28. The minimum atomic E-state index is -4.49. The first-order chi connectivity index (χ1) is 15.2. The maximum atomic E-state index is 13.8.